The van der Waals surface area contributed by atoms with Crippen molar-refractivity contribution in [2.75, 3.05) is 11.5 Å². The zero-order valence-corrected chi connectivity index (χ0v) is 10.4. The molecule has 1 atom stereocenters. The van der Waals surface area contributed by atoms with Gasteiger partial charge in [0.2, 0.25) is 0 Å². The Labute approximate surface area is 102 Å². The monoisotopic (exact) mass is 282 g/mol. The smallest absolute Gasteiger partial charge is 0.273 e. The van der Waals surface area contributed by atoms with Gasteiger partial charge in [-0.25, -0.2) is 13.4 Å². The maximum absolute atomic E-state index is 11.7. The molecular weight excluding hydrogens is 275 g/mol. The van der Waals surface area contributed by atoms with Crippen LogP contribution in [-0.4, -0.2) is 29.5 Å². The molecule has 0 saturated carbocycles. The van der Waals surface area contributed by atoms with E-state index < -0.39 is 15.4 Å². The van der Waals surface area contributed by atoms with Gasteiger partial charge in [-0.05, 0) is 6.42 Å². The number of aromatic nitrogens is 2. The summed E-state index contributed by atoms with van der Waals surface area (Å²) in [6.45, 7) is 0. The third kappa shape index (κ3) is 2.09. The van der Waals surface area contributed by atoms with Gasteiger partial charge >= 0.3 is 0 Å². The van der Waals surface area contributed by atoms with Crippen molar-refractivity contribution in [1.82, 2.24) is 9.55 Å². The standard InChI is InChI=1S/C8H8Cl2N2O3S/c9-6-7(10)11-4-12(8(6)13)5-1-2-16(14,15)3-5/h4-5H,1-3H2. The van der Waals surface area contributed by atoms with E-state index in [4.69, 9.17) is 23.2 Å². The maximum Gasteiger partial charge on any atom is 0.273 e. The highest BCUT2D eigenvalue weighted by atomic mass is 35.5. The molecule has 0 radical (unpaired) electrons. The van der Waals surface area contributed by atoms with Gasteiger partial charge in [0.15, 0.2) is 15.0 Å². The topological polar surface area (TPSA) is 69.0 Å². The van der Waals surface area contributed by atoms with E-state index >= 15 is 0 Å². The van der Waals surface area contributed by atoms with E-state index in [-0.39, 0.29) is 27.7 Å². The van der Waals surface area contributed by atoms with Crippen molar-refractivity contribution in [2.45, 2.75) is 12.5 Å². The molecule has 1 aromatic rings. The molecule has 0 amide bonds. The van der Waals surface area contributed by atoms with Crippen LogP contribution in [0, 0.1) is 0 Å². The number of nitrogens with zero attached hydrogens (tertiary/aromatic N) is 2. The lowest BCUT2D eigenvalue weighted by Crippen LogP contribution is -2.26. The number of halogens is 2. The molecule has 1 aliphatic rings. The summed E-state index contributed by atoms with van der Waals surface area (Å²) in [5.41, 5.74) is -0.497. The normalized spacial score (nSPS) is 23.5. The van der Waals surface area contributed by atoms with E-state index in [0.717, 1.165) is 0 Å². The van der Waals surface area contributed by atoms with Crippen LogP contribution in [-0.2, 0) is 9.84 Å². The molecule has 88 valence electrons. The first-order valence-corrected chi connectivity index (χ1v) is 7.11. The molecule has 1 saturated heterocycles. The second kappa shape index (κ2) is 4.01. The zero-order chi connectivity index (χ0) is 11.9. The van der Waals surface area contributed by atoms with Gasteiger partial charge in [-0.15, -0.1) is 0 Å². The van der Waals surface area contributed by atoms with Crippen LogP contribution in [0.25, 0.3) is 0 Å². The fourth-order valence-electron chi connectivity index (χ4n) is 1.68. The molecule has 1 aromatic heterocycles. The van der Waals surface area contributed by atoms with Crippen LogP contribution in [0.2, 0.25) is 10.2 Å². The van der Waals surface area contributed by atoms with Crippen molar-refractivity contribution in [2.24, 2.45) is 0 Å². The van der Waals surface area contributed by atoms with Crippen LogP contribution in [0.3, 0.4) is 0 Å². The highest BCUT2D eigenvalue weighted by Gasteiger charge is 2.30. The van der Waals surface area contributed by atoms with Gasteiger partial charge in [-0.2, -0.15) is 0 Å². The fourth-order valence-corrected chi connectivity index (χ4v) is 3.66. The summed E-state index contributed by atoms with van der Waals surface area (Å²) in [4.78, 5) is 15.4. The van der Waals surface area contributed by atoms with Crippen LogP contribution in [0.1, 0.15) is 12.5 Å². The van der Waals surface area contributed by atoms with Gasteiger partial charge in [-0.3, -0.25) is 9.36 Å². The second-order valence-corrected chi connectivity index (χ2v) is 6.58. The van der Waals surface area contributed by atoms with E-state index in [1.165, 1.54) is 10.9 Å². The van der Waals surface area contributed by atoms with E-state index in [0.29, 0.717) is 6.42 Å². The van der Waals surface area contributed by atoms with Gasteiger partial charge in [0.05, 0.1) is 23.9 Å². The third-order valence-electron chi connectivity index (χ3n) is 2.50. The maximum atomic E-state index is 11.7. The molecule has 2 rings (SSSR count). The minimum absolute atomic E-state index is 0.0491. The summed E-state index contributed by atoms with van der Waals surface area (Å²) in [5.74, 6) is 0.0386. The van der Waals surface area contributed by atoms with Crippen LogP contribution < -0.4 is 5.56 Å². The van der Waals surface area contributed by atoms with Crippen molar-refractivity contribution in [3.8, 4) is 0 Å². The highest BCUT2D eigenvalue weighted by molar-refractivity contribution is 7.91. The Bertz CT molecular complexity index is 581. The summed E-state index contributed by atoms with van der Waals surface area (Å²) < 4.78 is 23.8. The van der Waals surface area contributed by atoms with E-state index in [1.807, 2.05) is 0 Å². The van der Waals surface area contributed by atoms with E-state index in [1.54, 1.807) is 0 Å². The van der Waals surface area contributed by atoms with Crippen LogP contribution in [0.4, 0.5) is 0 Å². The average Bonchev–Trinajstić information content (AvgIpc) is 2.55. The summed E-state index contributed by atoms with van der Waals surface area (Å²) in [7, 11) is -3.05. The Balaban J connectivity index is 2.44. The molecule has 16 heavy (non-hydrogen) atoms. The SMILES string of the molecule is O=c1c(Cl)c(Cl)ncn1C1CCS(=O)(=O)C1. The van der Waals surface area contributed by atoms with Gasteiger partial charge < -0.3 is 0 Å². The van der Waals surface area contributed by atoms with E-state index in [9.17, 15) is 13.2 Å². The van der Waals surface area contributed by atoms with Crippen LogP contribution >= 0.6 is 23.2 Å². The molecule has 0 aliphatic carbocycles. The predicted octanol–water partition coefficient (Wildman–Crippen LogP) is 0.910. The molecule has 2 heterocycles. The molecule has 1 fully saturated rings. The Morgan fingerprint density at radius 2 is 2.12 bits per heavy atom. The molecular formula is C8H8Cl2N2O3S. The lowest BCUT2D eigenvalue weighted by molar-refractivity contribution is 0.530. The Hall–Kier alpha value is -0.590. The Morgan fingerprint density at radius 1 is 1.44 bits per heavy atom. The van der Waals surface area contributed by atoms with Crippen molar-refractivity contribution in [3.05, 3.63) is 26.9 Å². The molecule has 1 aliphatic heterocycles. The summed E-state index contributed by atoms with van der Waals surface area (Å²) >= 11 is 11.2. The quantitative estimate of drug-likeness (QED) is 0.718. The Kier molecular flexibility index (Phi) is 2.98. The van der Waals surface area contributed by atoms with Gasteiger partial charge in [-0.1, -0.05) is 23.2 Å². The molecule has 0 spiro atoms. The van der Waals surface area contributed by atoms with Crippen molar-refractivity contribution < 1.29 is 8.42 Å². The molecule has 0 aromatic carbocycles. The second-order valence-electron chi connectivity index (χ2n) is 3.62. The van der Waals surface area contributed by atoms with Crippen molar-refractivity contribution in [1.29, 1.82) is 0 Å². The zero-order valence-electron chi connectivity index (χ0n) is 8.06. The number of hydrogen-bond donors (Lipinski definition) is 0. The van der Waals surface area contributed by atoms with Gasteiger partial charge in [0.1, 0.15) is 5.02 Å². The van der Waals surface area contributed by atoms with Gasteiger partial charge in [0, 0.05) is 0 Å². The lowest BCUT2D eigenvalue weighted by atomic mass is 10.2. The minimum Gasteiger partial charge on any atom is -0.294 e. The summed E-state index contributed by atoms with van der Waals surface area (Å²) in [5, 5.41) is -0.239. The first-order chi connectivity index (χ1) is 7.41. The first-order valence-electron chi connectivity index (χ1n) is 4.53. The number of hydrogen-bond acceptors (Lipinski definition) is 4. The van der Waals surface area contributed by atoms with Crippen molar-refractivity contribution in [3.63, 3.8) is 0 Å². The Morgan fingerprint density at radius 3 is 2.69 bits per heavy atom. The number of rotatable bonds is 1. The molecule has 0 N–H and O–H groups in total. The summed E-state index contributed by atoms with van der Waals surface area (Å²) in [6.07, 6.45) is 1.64. The summed E-state index contributed by atoms with van der Waals surface area (Å²) in [6, 6.07) is -0.389. The molecule has 5 nitrogen and oxygen atoms in total. The van der Waals surface area contributed by atoms with E-state index in [2.05, 4.69) is 4.98 Å². The first kappa shape index (κ1) is 11.9. The minimum atomic E-state index is -3.05. The number of sulfone groups is 1. The van der Waals surface area contributed by atoms with Crippen LogP contribution in [0.5, 0.6) is 0 Å². The van der Waals surface area contributed by atoms with Crippen LogP contribution in [0.15, 0.2) is 11.1 Å². The largest absolute Gasteiger partial charge is 0.294 e. The molecule has 8 heteroatoms. The fraction of sp³-hybridized carbons (Fsp3) is 0.500. The molecule has 0 bridgehead atoms. The van der Waals surface area contributed by atoms with Crippen molar-refractivity contribution >= 4 is 33.0 Å². The van der Waals surface area contributed by atoms with Gasteiger partial charge in [0.25, 0.3) is 5.56 Å². The third-order valence-corrected chi connectivity index (χ3v) is 4.97. The highest BCUT2D eigenvalue weighted by Crippen LogP contribution is 2.23. The predicted molar refractivity (Wildman–Crippen MR) is 60.8 cm³/mol. The lowest BCUT2D eigenvalue weighted by Gasteiger charge is -2.11. The molecule has 1 unspecified atom stereocenters. The average molecular weight is 283 g/mol.